The summed E-state index contributed by atoms with van der Waals surface area (Å²) >= 11 is 1.89. The minimum atomic E-state index is 1.27. The lowest BCUT2D eigenvalue weighted by Crippen LogP contribution is -1.83. The summed E-state index contributed by atoms with van der Waals surface area (Å²) in [4.78, 5) is 1.34. The third-order valence-corrected chi connectivity index (χ3v) is 7.84. The SMILES string of the molecule is c1ccc(-c2c(-c3ccc4cc5c(ccc6ccccc65)cc4c3)sc3ccccc23)cc1. The van der Waals surface area contributed by atoms with E-state index in [0.717, 1.165) is 0 Å². The van der Waals surface area contributed by atoms with Crippen LogP contribution in [0.25, 0.3) is 64.0 Å². The van der Waals surface area contributed by atoms with Crippen molar-refractivity contribution in [3.63, 3.8) is 0 Å². The van der Waals surface area contributed by atoms with E-state index in [1.165, 1.54) is 64.0 Å². The molecule has 1 heterocycles. The Labute approximate surface area is 196 Å². The number of benzene rings is 6. The van der Waals surface area contributed by atoms with Crippen molar-refractivity contribution in [3.05, 3.63) is 121 Å². The summed E-state index contributed by atoms with van der Waals surface area (Å²) in [6.45, 7) is 0. The Morgan fingerprint density at radius 1 is 0.394 bits per heavy atom. The van der Waals surface area contributed by atoms with Crippen LogP contribution in [-0.4, -0.2) is 0 Å². The lowest BCUT2D eigenvalue weighted by molar-refractivity contribution is 1.67. The fraction of sp³-hybridized carbons (Fsp3) is 0. The van der Waals surface area contributed by atoms with E-state index < -0.39 is 0 Å². The Bertz CT molecular complexity index is 1810. The van der Waals surface area contributed by atoms with Gasteiger partial charge >= 0.3 is 0 Å². The second-order valence-corrected chi connectivity index (χ2v) is 9.64. The Hall–Kier alpha value is -3.94. The zero-order valence-corrected chi connectivity index (χ0v) is 18.8. The van der Waals surface area contributed by atoms with Crippen LogP contribution in [0.5, 0.6) is 0 Å². The highest BCUT2D eigenvalue weighted by atomic mass is 32.1. The monoisotopic (exact) mass is 436 g/mol. The molecule has 1 aromatic heterocycles. The molecule has 1 heteroatoms. The van der Waals surface area contributed by atoms with Crippen LogP contribution in [0.1, 0.15) is 0 Å². The molecule has 0 spiro atoms. The second-order valence-electron chi connectivity index (χ2n) is 8.59. The van der Waals surface area contributed by atoms with E-state index >= 15 is 0 Å². The Kier molecular flexibility index (Phi) is 4.12. The molecule has 0 radical (unpaired) electrons. The van der Waals surface area contributed by atoms with Gasteiger partial charge in [-0.05, 0) is 67.7 Å². The van der Waals surface area contributed by atoms with Gasteiger partial charge in [-0.25, -0.2) is 0 Å². The molecule has 0 amide bonds. The first-order valence-electron chi connectivity index (χ1n) is 11.3. The third kappa shape index (κ3) is 2.97. The number of hydrogen-bond acceptors (Lipinski definition) is 1. The predicted octanol–water partition coefficient (Wildman–Crippen LogP) is 9.69. The number of fused-ring (bicyclic) bond motifs is 5. The molecule has 0 saturated carbocycles. The van der Waals surface area contributed by atoms with Crippen molar-refractivity contribution in [1.29, 1.82) is 0 Å². The molecule has 0 fully saturated rings. The molecule has 0 aliphatic carbocycles. The Morgan fingerprint density at radius 3 is 2.03 bits per heavy atom. The van der Waals surface area contributed by atoms with E-state index in [0.29, 0.717) is 0 Å². The van der Waals surface area contributed by atoms with E-state index in [9.17, 15) is 0 Å². The minimum Gasteiger partial charge on any atom is -0.135 e. The first kappa shape index (κ1) is 18.6. The van der Waals surface area contributed by atoms with E-state index in [-0.39, 0.29) is 0 Å². The van der Waals surface area contributed by atoms with Gasteiger partial charge in [0.1, 0.15) is 0 Å². The topological polar surface area (TPSA) is 0 Å². The summed E-state index contributed by atoms with van der Waals surface area (Å²) in [5, 5.41) is 9.11. The van der Waals surface area contributed by atoms with Crippen molar-refractivity contribution >= 4 is 53.7 Å². The van der Waals surface area contributed by atoms with E-state index in [1.807, 2.05) is 11.3 Å². The fourth-order valence-corrected chi connectivity index (χ4v) is 6.26. The number of hydrogen-bond donors (Lipinski definition) is 0. The van der Waals surface area contributed by atoms with Crippen LogP contribution < -0.4 is 0 Å². The van der Waals surface area contributed by atoms with E-state index in [1.54, 1.807) is 0 Å². The van der Waals surface area contributed by atoms with Gasteiger partial charge in [0.2, 0.25) is 0 Å². The molecular formula is C32H20S. The molecule has 33 heavy (non-hydrogen) atoms. The highest BCUT2D eigenvalue weighted by molar-refractivity contribution is 7.23. The maximum absolute atomic E-state index is 2.36. The van der Waals surface area contributed by atoms with Crippen molar-refractivity contribution in [2.75, 3.05) is 0 Å². The minimum absolute atomic E-state index is 1.27. The average Bonchev–Trinajstić information content (AvgIpc) is 3.27. The molecule has 0 N–H and O–H groups in total. The second kappa shape index (κ2) is 7.30. The summed E-state index contributed by atoms with van der Waals surface area (Å²) in [5.41, 5.74) is 3.89. The summed E-state index contributed by atoms with van der Waals surface area (Å²) in [6, 6.07) is 44.3. The predicted molar refractivity (Wildman–Crippen MR) is 145 cm³/mol. The van der Waals surface area contributed by atoms with Crippen LogP contribution in [0, 0.1) is 0 Å². The van der Waals surface area contributed by atoms with Crippen molar-refractivity contribution in [2.24, 2.45) is 0 Å². The molecule has 7 aromatic rings. The molecule has 0 saturated heterocycles. The quantitative estimate of drug-likeness (QED) is 0.187. The fourth-order valence-electron chi connectivity index (χ4n) is 5.04. The van der Waals surface area contributed by atoms with Gasteiger partial charge in [0.25, 0.3) is 0 Å². The molecule has 0 aliphatic rings. The van der Waals surface area contributed by atoms with Crippen molar-refractivity contribution < 1.29 is 0 Å². The Morgan fingerprint density at radius 2 is 1.12 bits per heavy atom. The standard InChI is InChI=1S/C32H20S/c1-2-9-22(10-3-1)31-28-12-6-7-13-30(28)33-32(31)25-17-15-23-20-29-24(18-26(23)19-25)16-14-21-8-4-5-11-27(21)29/h1-20H. The largest absolute Gasteiger partial charge is 0.135 e. The van der Waals surface area contributed by atoms with Crippen molar-refractivity contribution in [2.45, 2.75) is 0 Å². The zero-order valence-electron chi connectivity index (χ0n) is 18.0. The molecule has 0 aliphatic heterocycles. The molecule has 6 aromatic carbocycles. The third-order valence-electron chi connectivity index (χ3n) is 6.62. The first-order chi connectivity index (χ1) is 16.3. The zero-order chi connectivity index (χ0) is 21.8. The van der Waals surface area contributed by atoms with Crippen LogP contribution in [0.15, 0.2) is 121 Å². The molecule has 7 rings (SSSR count). The first-order valence-corrected chi connectivity index (χ1v) is 12.1. The molecule has 0 unspecified atom stereocenters. The summed E-state index contributed by atoms with van der Waals surface area (Å²) < 4.78 is 1.33. The highest BCUT2D eigenvalue weighted by Crippen LogP contribution is 2.45. The van der Waals surface area contributed by atoms with E-state index in [4.69, 9.17) is 0 Å². The Balaban J connectivity index is 1.48. The van der Waals surface area contributed by atoms with Crippen LogP contribution in [-0.2, 0) is 0 Å². The lowest BCUT2D eigenvalue weighted by Gasteiger charge is -2.09. The van der Waals surface area contributed by atoms with Crippen LogP contribution >= 0.6 is 11.3 Å². The van der Waals surface area contributed by atoms with Crippen molar-refractivity contribution in [1.82, 2.24) is 0 Å². The van der Waals surface area contributed by atoms with Gasteiger partial charge < -0.3 is 0 Å². The summed E-state index contributed by atoms with van der Waals surface area (Å²) in [5.74, 6) is 0. The molecule has 154 valence electrons. The smallest absolute Gasteiger partial charge is 0.0434 e. The van der Waals surface area contributed by atoms with Crippen molar-refractivity contribution in [3.8, 4) is 21.6 Å². The molecule has 0 atom stereocenters. The van der Waals surface area contributed by atoms with Gasteiger partial charge in [-0.2, -0.15) is 0 Å². The van der Waals surface area contributed by atoms with Gasteiger partial charge in [0.15, 0.2) is 0 Å². The normalized spacial score (nSPS) is 11.6. The van der Waals surface area contributed by atoms with Crippen LogP contribution in [0.3, 0.4) is 0 Å². The maximum Gasteiger partial charge on any atom is 0.0434 e. The number of thiophene rings is 1. The average molecular weight is 437 g/mol. The molecule has 0 nitrogen and oxygen atoms in total. The van der Waals surface area contributed by atoms with E-state index in [2.05, 4.69) is 121 Å². The van der Waals surface area contributed by atoms with Gasteiger partial charge in [0, 0.05) is 20.5 Å². The number of rotatable bonds is 2. The lowest BCUT2D eigenvalue weighted by atomic mass is 9.95. The molecule has 0 bridgehead atoms. The molecular weight excluding hydrogens is 416 g/mol. The maximum atomic E-state index is 2.36. The van der Waals surface area contributed by atoms with Crippen LogP contribution in [0.2, 0.25) is 0 Å². The van der Waals surface area contributed by atoms with Gasteiger partial charge in [-0.3, -0.25) is 0 Å². The highest BCUT2D eigenvalue weighted by Gasteiger charge is 2.16. The van der Waals surface area contributed by atoms with Gasteiger partial charge in [-0.15, -0.1) is 11.3 Å². The van der Waals surface area contributed by atoms with Gasteiger partial charge in [0.05, 0.1) is 0 Å². The van der Waals surface area contributed by atoms with Crippen LogP contribution in [0.4, 0.5) is 0 Å². The summed E-state index contributed by atoms with van der Waals surface area (Å²) in [6.07, 6.45) is 0. The van der Waals surface area contributed by atoms with Gasteiger partial charge in [-0.1, -0.05) is 97.1 Å². The summed E-state index contributed by atoms with van der Waals surface area (Å²) in [7, 11) is 0.